The van der Waals surface area contributed by atoms with Crippen molar-refractivity contribution in [2.24, 2.45) is 0 Å². The lowest BCUT2D eigenvalue weighted by molar-refractivity contribution is 0.0662. The van der Waals surface area contributed by atoms with Gasteiger partial charge in [-0.2, -0.15) is 0 Å². The summed E-state index contributed by atoms with van der Waals surface area (Å²) in [6, 6.07) is 28.0. The Kier molecular flexibility index (Phi) is 7.92. The molecule has 1 aliphatic rings. The minimum absolute atomic E-state index is 0.0249. The predicted molar refractivity (Wildman–Crippen MR) is 165 cm³/mol. The fraction of sp³-hybridized carbons (Fsp3) is 0.212. The first kappa shape index (κ1) is 27.5. The normalized spacial score (nSPS) is 13.5. The molecule has 8 nitrogen and oxygen atoms in total. The van der Waals surface area contributed by atoms with E-state index in [0.29, 0.717) is 43.1 Å². The van der Waals surface area contributed by atoms with Crippen molar-refractivity contribution in [3.05, 3.63) is 114 Å². The largest absolute Gasteiger partial charge is 0.475 e. The smallest absolute Gasteiger partial charge is 0.372 e. The zero-order chi connectivity index (χ0) is 29.1. The SMILES string of the molecule is Cc1c(C(=O)O)oc2ccc(SN(CCc3ccccc3)c3ccccc3N3CCN(C(=O)c4ccco4)CC3)cc12. The maximum absolute atomic E-state index is 12.8. The topological polar surface area (TPSA) is 90.4 Å². The number of hydrogen-bond donors (Lipinski definition) is 1. The highest BCUT2D eigenvalue weighted by Gasteiger charge is 2.26. The number of furan rings is 2. The van der Waals surface area contributed by atoms with E-state index in [2.05, 4.69) is 45.6 Å². The van der Waals surface area contributed by atoms with Crippen molar-refractivity contribution in [2.45, 2.75) is 18.2 Å². The molecule has 6 rings (SSSR count). The first-order chi connectivity index (χ1) is 20.5. The van der Waals surface area contributed by atoms with Gasteiger partial charge in [-0.15, -0.1) is 0 Å². The third kappa shape index (κ3) is 5.73. The molecule has 1 fully saturated rings. The van der Waals surface area contributed by atoms with Crippen LogP contribution in [-0.4, -0.2) is 54.6 Å². The van der Waals surface area contributed by atoms with Crippen molar-refractivity contribution in [1.82, 2.24) is 4.90 Å². The third-order valence-corrected chi connectivity index (χ3v) is 8.62. The van der Waals surface area contributed by atoms with Crippen LogP contribution in [0.3, 0.4) is 0 Å². The number of carboxylic acid groups (broad SMARTS) is 1. The third-order valence-electron chi connectivity index (χ3n) is 7.55. The Morgan fingerprint density at radius 1 is 0.929 bits per heavy atom. The van der Waals surface area contributed by atoms with Gasteiger partial charge < -0.3 is 28.0 Å². The van der Waals surface area contributed by atoms with E-state index in [4.69, 9.17) is 8.83 Å². The molecule has 3 aromatic carbocycles. The van der Waals surface area contributed by atoms with Gasteiger partial charge in [-0.1, -0.05) is 42.5 Å². The highest BCUT2D eigenvalue weighted by Crippen LogP contribution is 2.38. The van der Waals surface area contributed by atoms with Gasteiger partial charge in [0.2, 0.25) is 5.76 Å². The van der Waals surface area contributed by atoms with E-state index in [1.54, 1.807) is 31.0 Å². The average Bonchev–Trinajstić information content (AvgIpc) is 3.68. The number of aryl methyl sites for hydroxylation is 1. The van der Waals surface area contributed by atoms with Crippen LogP contribution in [0.5, 0.6) is 0 Å². The van der Waals surface area contributed by atoms with E-state index in [0.717, 1.165) is 34.6 Å². The molecule has 3 heterocycles. The molecule has 1 saturated heterocycles. The monoisotopic (exact) mass is 581 g/mol. The van der Waals surface area contributed by atoms with Crippen LogP contribution in [0.25, 0.3) is 11.0 Å². The van der Waals surface area contributed by atoms with Gasteiger partial charge in [0.25, 0.3) is 5.91 Å². The summed E-state index contributed by atoms with van der Waals surface area (Å²) in [4.78, 5) is 29.6. The number of fused-ring (bicyclic) bond motifs is 1. The molecule has 42 heavy (non-hydrogen) atoms. The summed E-state index contributed by atoms with van der Waals surface area (Å²) in [7, 11) is 0. The Balaban J connectivity index is 1.27. The minimum atomic E-state index is -1.07. The first-order valence-corrected chi connectivity index (χ1v) is 14.7. The van der Waals surface area contributed by atoms with Gasteiger partial charge >= 0.3 is 5.97 Å². The number of para-hydroxylation sites is 2. The fourth-order valence-corrected chi connectivity index (χ4v) is 6.32. The maximum Gasteiger partial charge on any atom is 0.372 e. The van der Waals surface area contributed by atoms with E-state index in [1.807, 2.05) is 41.3 Å². The van der Waals surface area contributed by atoms with Gasteiger partial charge in [-0.3, -0.25) is 4.79 Å². The summed E-state index contributed by atoms with van der Waals surface area (Å²) in [5, 5.41) is 10.3. The number of benzene rings is 3. The van der Waals surface area contributed by atoms with E-state index in [9.17, 15) is 14.7 Å². The number of carbonyl (C=O) groups excluding carboxylic acids is 1. The highest BCUT2D eigenvalue weighted by molar-refractivity contribution is 8.00. The van der Waals surface area contributed by atoms with Gasteiger partial charge in [0, 0.05) is 48.6 Å². The van der Waals surface area contributed by atoms with Crippen LogP contribution in [0.2, 0.25) is 0 Å². The second-order valence-electron chi connectivity index (χ2n) is 10.2. The van der Waals surface area contributed by atoms with Gasteiger partial charge in [0.15, 0.2) is 5.76 Å². The molecule has 1 aliphatic heterocycles. The fourth-order valence-electron chi connectivity index (χ4n) is 5.33. The number of amides is 1. The Hall–Kier alpha value is -4.63. The molecule has 214 valence electrons. The molecule has 0 aliphatic carbocycles. The first-order valence-electron chi connectivity index (χ1n) is 13.9. The van der Waals surface area contributed by atoms with Crippen molar-refractivity contribution >= 4 is 46.2 Å². The van der Waals surface area contributed by atoms with Crippen molar-refractivity contribution in [1.29, 1.82) is 0 Å². The van der Waals surface area contributed by atoms with Crippen LogP contribution in [0.15, 0.2) is 105 Å². The maximum atomic E-state index is 12.8. The lowest BCUT2D eigenvalue weighted by Crippen LogP contribution is -2.49. The molecule has 0 unspecified atom stereocenters. The summed E-state index contributed by atoms with van der Waals surface area (Å²) < 4.78 is 13.2. The second kappa shape index (κ2) is 12.1. The number of hydrogen-bond acceptors (Lipinski definition) is 7. The summed E-state index contributed by atoms with van der Waals surface area (Å²) in [6.07, 6.45) is 2.38. The molecule has 0 atom stereocenters. The average molecular weight is 582 g/mol. The standard InChI is InChI=1S/C33H31N3O5S/c1-23-26-22-25(13-14-29(26)41-31(23)33(38)39)42-36(16-15-24-8-3-2-4-9-24)28-11-6-5-10-27(28)34-17-19-35(20-18-34)32(37)30-12-7-21-40-30/h2-14,21-22H,15-20H2,1H3,(H,38,39). The van der Waals surface area contributed by atoms with Crippen molar-refractivity contribution < 1.29 is 23.5 Å². The molecular formula is C33H31N3O5S. The summed E-state index contributed by atoms with van der Waals surface area (Å²) in [5.41, 5.74) is 4.62. The Labute approximate surface area is 248 Å². The van der Waals surface area contributed by atoms with E-state index in [-0.39, 0.29) is 11.7 Å². The van der Waals surface area contributed by atoms with Gasteiger partial charge in [-0.25, -0.2) is 4.79 Å². The van der Waals surface area contributed by atoms with Crippen LogP contribution < -0.4 is 9.21 Å². The van der Waals surface area contributed by atoms with E-state index >= 15 is 0 Å². The second-order valence-corrected chi connectivity index (χ2v) is 11.3. The number of nitrogens with zero attached hydrogens (tertiary/aromatic N) is 3. The molecule has 0 radical (unpaired) electrons. The number of aromatic carboxylic acids is 1. The predicted octanol–water partition coefficient (Wildman–Crippen LogP) is 6.75. The number of carbonyl (C=O) groups is 2. The van der Waals surface area contributed by atoms with E-state index < -0.39 is 5.97 Å². The quantitative estimate of drug-likeness (QED) is 0.191. The molecule has 2 aromatic heterocycles. The van der Waals surface area contributed by atoms with Gasteiger partial charge in [0.05, 0.1) is 17.6 Å². The van der Waals surface area contributed by atoms with Crippen molar-refractivity contribution in [3.63, 3.8) is 0 Å². The number of rotatable bonds is 9. The zero-order valence-electron chi connectivity index (χ0n) is 23.2. The van der Waals surface area contributed by atoms with Crippen LogP contribution in [-0.2, 0) is 6.42 Å². The van der Waals surface area contributed by atoms with E-state index in [1.165, 1.54) is 11.8 Å². The highest BCUT2D eigenvalue weighted by atomic mass is 32.2. The number of carboxylic acids is 1. The number of piperazine rings is 1. The van der Waals surface area contributed by atoms with Gasteiger partial charge in [0.1, 0.15) is 5.58 Å². The zero-order valence-corrected chi connectivity index (χ0v) is 24.0. The summed E-state index contributed by atoms with van der Waals surface area (Å²) in [5.74, 6) is -0.804. The van der Waals surface area contributed by atoms with Crippen LogP contribution in [0, 0.1) is 6.92 Å². The van der Waals surface area contributed by atoms with Crippen LogP contribution in [0.1, 0.15) is 32.2 Å². The minimum Gasteiger partial charge on any atom is -0.475 e. The Bertz CT molecular complexity index is 1690. The lowest BCUT2D eigenvalue weighted by Gasteiger charge is -2.38. The molecule has 1 amide bonds. The molecule has 0 bridgehead atoms. The van der Waals surface area contributed by atoms with Crippen LogP contribution >= 0.6 is 11.9 Å². The molecule has 5 aromatic rings. The van der Waals surface area contributed by atoms with Gasteiger partial charge in [-0.05, 0) is 73.3 Å². The molecule has 1 N–H and O–H groups in total. The molecule has 0 saturated carbocycles. The molecule has 9 heteroatoms. The Morgan fingerprint density at radius 3 is 2.43 bits per heavy atom. The van der Waals surface area contributed by atoms with Crippen LogP contribution in [0.4, 0.5) is 11.4 Å². The lowest BCUT2D eigenvalue weighted by atomic mass is 10.1. The molecular weight excluding hydrogens is 550 g/mol. The van der Waals surface area contributed by atoms with Crippen molar-refractivity contribution in [2.75, 3.05) is 41.9 Å². The Morgan fingerprint density at radius 2 is 1.69 bits per heavy atom. The van der Waals surface area contributed by atoms with Crippen molar-refractivity contribution in [3.8, 4) is 0 Å². The summed E-state index contributed by atoms with van der Waals surface area (Å²) in [6.45, 7) is 5.16. The molecule has 0 spiro atoms. The summed E-state index contributed by atoms with van der Waals surface area (Å²) >= 11 is 1.62. The number of anilines is 2.